The number of ether oxygens (including phenoxy) is 1. The summed E-state index contributed by atoms with van der Waals surface area (Å²) in [5.74, 6) is 2.75. The Labute approximate surface area is 360 Å². The summed E-state index contributed by atoms with van der Waals surface area (Å²) in [6.45, 7) is 0. The van der Waals surface area contributed by atoms with Crippen LogP contribution in [-0.4, -0.2) is 19.5 Å². The Morgan fingerprint density at radius 2 is 0.871 bits per heavy atom. The minimum absolute atomic E-state index is 0.0167. The molecule has 2 aromatic heterocycles. The van der Waals surface area contributed by atoms with Gasteiger partial charge in [-0.2, -0.15) is 0 Å². The first-order valence-corrected chi connectivity index (χ1v) is 21.1. The zero-order valence-corrected chi connectivity index (χ0v) is 33.6. The quantitative estimate of drug-likeness (QED) is 0.161. The number of aromatic nitrogens is 4. The zero-order valence-electron chi connectivity index (χ0n) is 33.6. The van der Waals surface area contributed by atoms with Gasteiger partial charge in [0.05, 0.1) is 11.2 Å². The predicted molar refractivity (Wildman–Crippen MR) is 251 cm³/mol. The highest BCUT2D eigenvalue weighted by Gasteiger charge is 2.40. The summed E-state index contributed by atoms with van der Waals surface area (Å²) >= 11 is 0. The summed E-state index contributed by atoms with van der Waals surface area (Å²) in [6.07, 6.45) is 4.41. The molecular formula is C57H38N4O. The van der Waals surface area contributed by atoms with Gasteiger partial charge in [-0.25, -0.2) is 15.0 Å². The lowest BCUT2D eigenvalue weighted by atomic mass is 9.85. The SMILES string of the molecule is C1=CC2c3cc(-c4nc(-c5cccc(-c6ccccc6)c5)nc(-c5cccc(-c6ccccc6)c5)n4)ccc3OC2c2c1n(-c1ccc(-c3ccccc3)cc1)c1ccccc21. The van der Waals surface area contributed by atoms with Crippen LogP contribution >= 0.6 is 0 Å². The van der Waals surface area contributed by atoms with Gasteiger partial charge < -0.3 is 9.30 Å². The molecule has 62 heavy (non-hydrogen) atoms. The summed E-state index contributed by atoms with van der Waals surface area (Å²) < 4.78 is 9.31. The average molecular weight is 795 g/mol. The second-order valence-corrected chi connectivity index (χ2v) is 15.9. The lowest BCUT2D eigenvalue weighted by Gasteiger charge is -2.22. The van der Waals surface area contributed by atoms with Crippen LogP contribution in [0.15, 0.2) is 212 Å². The van der Waals surface area contributed by atoms with E-state index in [9.17, 15) is 0 Å². The van der Waals surface area contributed by atoms with E-state index < -0.39 is 0 Å². The van der Waals surface area contributed by atoms with Crippen LogP contribution in [0.25, 0.3) is 90.2 Å². The van der Waals surface area contributed by atoms with Crippen LogP contribution in [0.1, 0.15) is 28.8 Å². The Hall–Kier alpha value is -8.15. The number of fused-ring (bicyclic) bond motifs is 7. The molecule has 10 aromatic rings. The average Bonchev–Trinajstić information content (AvgIpc) is 3.90. The fourth-order valence-electron chi connectivity index (χ4n) is 9.23. The minimum Gasteiger partial charge on any atom is -0.484 e. The van der Waals surface area contributed by atoms with Crippen molar-refractivity contribution in [2.24, 2.45) is 0 Å². The predicted octanol–water partition coefficient (Wildman–Crippen LogP) is 14.1. The molecule has 1 aliphatic heterocycles. The third kappa shape index (κ3) is 6.22. The highest BCUT2D eigenvalue weighted by Crippen LogP contribution is 2.53. The number of rotatable bonds is 7. The van der Waals surface area contributed by atoms with Gasteiger partial charge in [0, 0.05) is 44.8 Å². The Balaban J connectivity index is 0.947. The number of nitrogens with zero attached hydrogens (tertiary/aromatic N) is 4. The molecular weight excluding hydrogens is 757 g/mol. The first-order chi connectivity index (χ1) is 30.7. The summed E-state index contributed by atoms with van der Waals surface area (Å²) in [4.78, 5) is 15.5. The van der Waals surface area contributed by atoms with Crippen molar-refractivity contribution in [2.75, 3.05) is 0 Å². The monoisotopic (exact) mass is 794 g/mol. The highest BCUT2D eigenvalue weighted by molar-refractivity contribution is 5.92. The van der Waals surface area contributed by atoms with Crippen LogP contribution < -0.4 is 4.74 Å². The van der Waals surface area contributed by atoms with Crippen molar-refractivity contribution in [2.45, 2.75) is 12.0 Å². The van der Waals surface area contributed by atoms with Gasteiger partial charge in [-0.3, -0.25) is 0 Å². The first-order valence-electron chi connectivity index (χ1n) is 21.1. The van der Waals surface area contributed by atoms with Crippen molar-refractivity contribution in [3.05, 3.63) is 229 Å². The van der Waals surface area contributed by atoms with Crippen LogP contribution in [0.3, 0.4) is 0 Å². The van der Waals surface area contributed by atoms with E-state index in [1.165, 1.54) is 22.1 Å². The molecule has 0 spiro atoms. The van der Waals surface area contributed by atoms with Crippen LogP contribution in [-0.2, 0) is 0 Å². The van der Waals surface area contributed by atoms with E-state index in [1.54, 1.807) is 0 Å². The standard InChI is InChI=1S/C57H38N4O/c1-4-14-37(15-5-1)40-26-29-46(30-27-40)61-50-25-11-10-24-48(50)53-51(61)32-31-47-49-36-45(28-33-52(49)62-54(47)53)57-59-55(43-22-12-20-41(34-43)38-16-6-2-7-17-38)58-56(60-57)44-23-13-21-42(35-44)39-18-8-3-9-19-39/h1-36,47,54H. The summed E-state index contributed by atoms with van der Waals surface area (Å²) in [7, 11) is 0. The van der Waals surface area contributed by atoms with Gasteiger partial charge in [-0.15, -0.1) is 0 Å². The van der Waals surface area contributed by atoms with E-state index in [4.69, 9.17) is 19.7 Å². The Morgan fingerprint density at radius 1 is 0.403 bits per heavy atom. The van der Waals surface area contributed by atoms with Crippen molar-refractivity contribution in [3.8, 4) is 79.0 Å². The molecule has 2 aliphatic rings. The van der Waals surface area contributed by atoms with Crippen LogP contribution in [0, 0.1) is 0 Å². The lowest BCUT2D eigenvalue weighted by Crippen LogP contribution is -2.13. The lowest BCUT2D eigenvalue weighted by molar-refractivity contribution is 0.224. The summed E-state index contributed by atoms with van der Waals surface area (Å²) in [5.41, 5.74) is 15.4. The number of hydrogen-bond donors (Lipinski definition) is 0. The van der Waals surface area contributed by atoms with E-state index in [2.05, 4.69) is 211 Å². The molecule has 0 bridgehead atoms. The van der Waals surface area contributed by atoms with Gasteiger partial charge in [0.25, 0.3) is 0 Å². The maximum absolute atomic E-state index is 6.94. The molecule has 1 aliphatic carbocycles. The van der Waals surface area contributed by atoms with Crippen LogP contribution in [0.5, 0.6) is 5.75 Å². The first kappa shape index (κ1) is 35.8. The number of benzene rings is 8. The van der Waals surface area contributed by atoms with Crippen LogP contribution in [0.2, 0.25) is 0 Å². The van der Waals surface area contributed by atoms with Crippen molar-refractivity contribution < 1.29 is 4.74 Å². The molecule has 0 radical (unpaired) electrons. The summed E-state index contributed by atoms with van der Waals surface area (Å²) in [6, 6.07) is 72.2. The molecule has 0 amide bonds. The highest BCUT2D eigenvalue weighted by atomic mass is 16.5. The van der Waals surface area contributed by atoms with Gasteiger partial charge >= 0.3 is 0 Å². The largest absolute Gasteiger partial charge is 0.484 e. The minimum atomic E-state index is -0.180. The van der Waals surface area contributed by atoms with Gasteiger partial charge in [-0.1, -0.05) is 164 Å². The maximum atomic E-state index is 6.94. The van der Waals surface area contributed by atoms with Crippen molar-refractivity contribution >= 4 is 17.0 Å². The molecule has 5 heteroatoms. The molecule has 292 valence electrons. The van der Waals surface area contributed by atoms with E-state index in [-0.39, 0.29) is 12.0 Å². The van der Waals surface area contributed by atoms with Crippen molar-refractivity contribution in [1.29, 1.82) is 0 Å². The van der Waals surface area contributed by atoms with Gasteiger partial charge in [0.2, 0.25) is 0 Å². The van der Waals surface area contributed by atoms with Crippen molar-refractivity contribution in [1.82, 2.24) is 19.5 Å². The zero-order chi connectivity index (χ0) is 41.0. The Morgan fingerprint density at radius 3 is 1.47 bits per heavy atom. The van der Waals surface area contributed by atoms with E-state index >= 15 is 0 Å². The fourth-order valence-corrected chi connectivity index (χ4v) is 9.23. The third-order valence-electron chi connectivity index (χ3n) is 12.2. The molecule has 0 saturated carbocycles. The summed E-state index contributed by atoms with van der Waals surface area (Å²) in [5, 5.41) is 1.20. The van der Waals surface area contributed by atoms with Gasteiger partial charge in [0.15, 0.2) is 17.5 Å². The Kier molecular flexibility index (Phi) is 8.56. The van der Waals surface area contributed by atoms with Gasteiger partial charge in [-0.05, 0) is 88.0 Å². The molecule has 2 atom stereocenters. The molecule has 0 N–H and O–H groups in total. The molecule has 0 fully saturated rings. The number of hydrogen-bond acceptors (Lipinski definition) is 4. The molecule has 0 saturated heterocycles. The second kappa shape index (κ2) is 14.8. The van der Waals surface area contributed by atoms with E-state index in [0.29, 0.717) is 17.5 Å². The molecule has 3 heterocycles. The topological polar surface area (TPSA) is 52.8 Å². The second-order valence-electron chi connectivity index (χ2n) is 15.9. The fraction of sp³-hybridized carbons (Fsp3) is 0.0351. The van der Waals surface area contributed by atoms with E-state index in [1.807, 2.05) is 12.1 Å². The van der Waals surface area contributed by atoms with E-state index in [0.717, 1.165) is 67.2 Å². The molecule has 2 unspecified atom stereocenters. The molecule has 12 rings (SSSR count). The van der Waals surface area contributed by atoms with Crippen molar-refractivity contribution in [3.63, 3.8) is 0 Å². The number of para-hydroxylation sites is 1. The normalized spacial score (nSPS) is 14.8. The molecule has 8 aromatic carbocycles. The van der Waals surface area contributed by atoms with Gasteiger partial charge in [0.1, 0.15) is 11.9 Å². The maximum Gasteiger partial charge on any atom is 0.164 e. The third-order valence-corrected chi connectivity index (χ3v) is 12.2. The Bertz CT molecular complexity index is 3220. The smallest absolute Gasteiger partial charge is 0.164 e. The van der Waals surface area contributed by atoms with Crippen LogP contribution in [0.4, 0.5) is 0 Å². The molecule has 5 nitrogen and oxygen atoms in total.